The molecule has 1 atom stereocenters. The molecule has 6 heteroatoms. The molecule has 0 amide bonds. The number of allylic oxidation sites excluding steroid dienone is 12. The topological polar surface area (TPSA) is 78.9 Å². The van der Waals surface area contributed by atoms with Gasteiger partial charge in [-0.25, -0.2) is 0 Å². The van der Waals surface area contributed by atoms with Gasteiger partial charge in [0.25, 0.3) is 0 Å². The zero-order valence-electron chi connectivity index (χ0n) is 44.2. The zero-order chi connectivity index (χ0) is 48.6. The Labute approximate surface area is 414 Å². The molecular weight excluding hydrogens is 829 g/mol. The molecule has 0 radical (unpaired) electrons. The van der Waals surface area contributed by atoms with Gasteiger partial charge in [0.15, 0.2) is 6.10 Å². The molecule has 386 valence electrons. The van der Waals surface area contributed by atoms with Crippen molar-refractivity contribution in [2.24, 2.45) is 0 Å². The Kier molecular flexibility index (Phi) is 52.8. The number of ether oxygens (including phenoxy) is 3. The van der Waals surface area contributed by atoms with Gasteiger partial charge in [-0.05, 0) is 83.5 Å². The van der Waals surface area contributed by atoms with Gasteiger partial charge in [0.1, 0.15) is 13.2 Å². The Balaban J connectivity index is 4.00. The second-order valence-corrected chi connectivity index (χ2v) is 18.8. The normalized spacial score (nSPS) is 12.6. The molecule has 0 heterocycles. The molecule has 0 aliphatic rings. The highest BCUT2D eigenvalue weighted by molar-refractivity contribution is 5.71. The predicted molar refractivity (Wildman–Crippen MR) is 288 cm³/mol. The molecule has 67 heavy (non-hydrogen) atoms. The average Bonchev–Trinajstić information content (AvgIpc) is 3.33. The van der Waals surface area contributed by atoms with Gasteiger partial charge >= 0.3 is 17.9 Å². The van der Waals surface area contributed by atoms with Crippen LogP contribution in [0.25, 0.3) is 0 Å². The molecule has 0 rings (SSSR count). The largest absolute Gasteiger partial charge is 0.462 e. The number of carbonyl (C=O) groups excluding carboxylic acids is 3. The van der Waals surface area contributed by atoms with Crippen molar-refractivity contribution in [1.29, 1.82) is 0 Å². The van der Waals surface area contributed by atoms with Gasteiger partial charge in [0.05, 0.1) is 0 Å². The van der Waals surface area contributed by atoms with E-state index < -0.39 is 6.10 Å². The van der Waals surface area contributed by atoms with Gasteiger partial charge in [-0.2, -0.15) is 0 Å². The molecule has 1 unspecified atom stereocenters. The summed E-state index contributed by atoms with van der Waals surface area (Å²) in [5.41, 5.74) is 0. The number of carbonyl (C=O) groups is 3. The van der Waals surface area contributed by atoms with Crippen molar-refractivity contribution in [3.8, 4) is 0 Å². The lowest BCUT2D eigenvalue weighted by Crippen LogP contribution is -2.30. The molecule has 0 fully saturated rings. The highest BCUT2D eigenvalue weighted by Gasteiger charge is 2.19. The standard InChI is InChI=1S/C61H106O6/c1-4-7-10-13-16-18-20-21-22-23-24-25-26-27-28-29-30-31-32-33-34-35-36-37-38-39-41-42-45-48-51-54-60(63)66-57-58(56-65-59(62)53-50-47-44-15-12-9-6-3)67-61(64)55-52-49-46-43-40-19-17-14-11-8-5-2/h7,10,14,16-18,21-22,24-25,27-28,58H,4-6,8-9,11-13,15,19-20,23,26,29-57H2,1-3H3/b10-7-,17-14-,18-16-,22-21-,25-24-,28-27-. The summed E-state index contributed by atoms with van der Waals surface area (Å²) < 4.78 is 16.7. The van der Waals surface area contributed by atoms with Crippen LogP contribution in [0.4, 0.5) is 0 Å². The number of hydrogen-bond acceptors (Lipinski definition) is 6. The van der Waals surface area contributed by atoms with E-state index >= 15 is 0 Å². The minimum Gasteiger partial charge on any atom is -0.462 e. The van der Waals surface area contributed by atoms with E-state index in [0.717, 1.165) is 103 Å². The van der Waals surface area contributed by atoms with Gasteiger partial charge in [0, 0.05) is 19.3 Å². The maximum Gasteiger partial charge on any atom is 0.306 e. The van der Waals surface area contributed by atoms with Gasteiger partial charge in [-0.3, -0.25) is 14.4 Å². The number of esters is 3. The van der Waals surface area contributed by atoms with Gasteiger partial charge in [0.2, 0.25) is 0 Å². The van der Waals surface area contributed by atoms with Crippen LogP contribution < -0.4 is 0 Å². The summed E-state index contributed by atoms with van der Waals surface area (Å²) in [6.45, 7) is 6.45. The highest BCUT2D eigenvalue weighted by Crippen LogP contribution is 2.16. The lowest BCUT2D eigenvalue weighted by molar-refractivity contribution is -0.167. The van der Waals surface area contributed by atoms with E-state index in [-0.39, 0.29) is 31.1 Å². The van der Waals surface area contributed by atoms with Crippen molar-refractivity contribution in [1.82, 2.24) is 0 Å². The van der Waals surface area contributed by atoms with Crippen LogP contribution in [0.5, 0.6) is 0 Å². The SMILES string of the molecule is CC/C=C\C/C=C\C/C=C\C/C=C\C/C=C\CCCCCCCCCCCCCCCCCC(=O)OCC(COC(=O)CCCCCCCCC)OC(=O)CCCCCCC/C=C\CCCC. The van der Waals surface area contributed by atoms with E-state index in [4.69, 9.17) is 14.2 Å². The maximum atomic E-state index is 12.7. The average molecular weight is 936 g/mol. The maximum absolute atomic E-state index is 12.7. The summed E-state index contributed by atoms with van der Waals surface area (Å²) in [5.74, 6) is -0.887. The van der Waals surface area contributed by atoms with Crippen LogP contribution in [0, 0.1) is 0 Å². The molecule has 0 spiro atoms. The third-order valence-electron chi connectivity index (χ3n) is 12.2. The second-order valence-electron chi connectivity index (χ2n) is 18.8. The highest BCUT2D eigenvalue weighted by atomic mass is 16.6. The van der Waals surface area contributed by atoms with Crippen LogP contribution in [0.3, 0.4) is 0 Å². The van der Waals surface area contributed by atoms with Crippen LogP contribution in [0.15, 0.2) is 72.9 Å². The lowest BCUT2D eigenvalue weighted by atomic mass is 10.0. The first kappa shape index (κ1) is 63.8. The molecule has 0 N–H and O–H groups in total. The van der Waals surface area contributed by atoms with Crippen molar-refractivity contribution < 1.29 is 28.6 Å². The Hall–Kier alpha value is -3.15. The summed E-state index contributed by atoms with van der Waals surface area (Å²) in [7, 11) is 0. The van der Waals surface area contributed by atoms with Gasteiger partial charge in [-0.15, -0.1) is 0 Å². The van der Waals surface area contributed by atoms with E-state index in [9.17, 15) is 14.4 Å². The van der Waals surface area contributed by atoms with E-state index in [2.05, 4.69) is 93.7 Å². The molecule has 0 aliphatic heterocycles. The Bertz CT molecular complexity index is 1260. The Morgan fingerprint density at radius 3 is 0.970 bits per heavy atom. The number of rotatable bonds is 51. The molecule has 0 saturated heterocycles. The minimum atomic E-state index is -0.773. The van der Waals surface area contributed by atoms with Crippen LogP contribution in [-0.2, 0) is 28.6 Å². The first-order valence-corrected chi connectivity index (χ1v) is 28.4. The molecule has 0 aromatic carbocycles. The van der Waals surface area contributed by atoms with Crippen LogP contribution in [0.1, 0.15) is 278 Å². The predicted octanol–water partition coefficient (Wildman–Crippen LogP) is 19.0. The summed E-state index contributed by atoms with van der Waals surface area (Å²) in [5, 5.41) is 0. The number of unbranched alkanes of at least 4 members (excludes halogenated alkanes) is 28. The van der Waals surface area contributed by atoms with Crippen LogP contribution in [-0.4, -0.2) is 37.2 Å². The fraction of sp³-hybridized carbons (Fsp3) is 0.754. The fourth-order valence-corrected chi connectivity index (χ4v) is 7.92. The summed E-state index contributed by atoms with van der Waals surface area (Å²) in [4.78, 5) is 37.8. The van der Waals surface area contributed by atoms with Crippen molar-refractivity contribution in [3.05, 3.63) is 72.9 Å². The quantitative estimate of drug-likeness (QED) is 0.0262. The van der Waals surface area contributed by atoms with Gasteiger partial charge in [-0.1, -0.05) is 248 Å². The van der Waals surface area contributed by atoms with Crippen LogP contribution >= 0.6 is 0 Å². The second kappa shape index (κ2) is 55.4. The van der Waals surface area contributed by atoms with Crippen LogP contribution in [0.2, 0.25) is 0 Å². The Morgan fingerprint density at radius 1 is 0.313 bits per heavy atom. The van der Waals surface area contributed by atoms with E-state index in [1.807, 2.05) is 0 Å². The monoisotopic (exact) mass is 935 g/mol. The lowest BCUT2D eigenvalue weighted by Gasteiger charge is -2.18. The fourth-order valence-electron chi connectivity index (χ4n) is 7.92. The zero-order valence-corrected chi connectivity index (χ0v) is 44.2. The molecule has 6 nitrogen and oxygen atoms in total. The molecule has 0 aliphatic carbocycles. The first-order valence-electron chi connectivity index (χ1n) is 28.4. The molecular formula is C61H106O6. The van der Waals surface area contributed by atoms with E-state index in [1.165, 1.54) is 135 Å². The van der Waals surface area contributed by atoms with Crippen molar-refractivity contribution in [2.75, 3.05) is 13.2 Å². The summed E-state index contributed by atoms with van der Waals surface area (Å²) in [6.07, 6.45) is 70.8. The Morgan fingerprint density at radius 2 is 0.597 bits per heavy atom. The molecule has 0 aromatic rings. The first-order chi connectivity index (χ1) is 33.0. The van der Waals surface area contributed by atoms with Crippen molar-refractivity contribution >= 4 is 17.9 Å². The van der Waals surface area contributed by atoms with E-state index in [1.54, 1.807) is 0 Å². The van der Waals surface area contributed by atoms with Gasteiger partial charge < -0.3 is 14.2 Å². The smallest absolute Gasteiger partial charge is 0.306 e. The molecule has 0 bridgehead atoms. The third-order valence-corrected chi connectivity index (χ3v) is 12.2. The molecule has 0 aromatic heterocycles. The molecule has 0 saturated carbocycles. The number of hydrogen-bond donors (Lipinski definition) is 0. The summed E-state index contributed by atoms with van der Waals surface area (Å²) in [6, 6.07) is 0. The van der Waals surface area contributed by atoms with E-state index in [0.29, 0.717) is 19.3 Å². The minimum absolute atomic E-state index is 0.0758. The van der Waals surface area contributed by atoms with Crippen molar-refractivity contribution in [3.63, 3.8) is 0 Å². The van der Waals surface area contributed by atoms with Crippen molar-refractivity contribution in [2.45, 2.75) is 284 Å². The summed E-state index contributed by atoms with van der Waals surface area (Å²) >= 11 is 0. The third kappa shape index (κ3) is 53.7.